The van der Waals surface area contributed by atoms with Gasteiger partial charge in [0.25, 0.3) is 17.6 Å². The Hall–Kier alpha value is -3.84. The van der Waals surface area contributed by atoms with Gasteiger partial charge in [-0.2, -0.15) is 0 Å². The van der Waals surface area contributed by atoms with Crippen molar-refractivity contribution in [1.82, 2.24) is 14.1 Å². The zero-order chi connectivity index (χ0) is 29.5. The number of hydrogen-bond acceptors (Lipinski definition) is 8. The van der Waals surface area contributed by atoms with E-state index >= 15 is 0 Å². The van der Waals surface area contributed by atoms with Crippen molar-refractivity contribution in [2.45, 2.75) is 10.4 Å². The first-order valence-electron chi connectivity index (χ1n) is 13.2. The molecule has 0 saturated carbocycles. The molecule has 0 bridgehead atoms. The summed E-state index contributed by atoms with van der Waals surface area (Å²) >= 11 is 0. The lowest BCUT2D eigenvalue weighted by Crippen LogP contribution is -2.54. The Bertz CT molecular complexity index is 1560. The number of anilines is 1. The number of aliphatic hydroxyl groups excluding tert-OH is 1. The first-order valence-corrected chi connectivity index (χ1v) is 14.7. The summed E-state index contributed by atoms with van der Waals surface area (Å²) in [4.78, 5) is 46.6. The van der Waals surface area contributed by atoms with E-state index < -0.39 is 44.5 Å². The average molecular weight is 581 g/mol. The number of benzene rings is 2. The number of aliphatic hydroxyl groups is 1. The lowest BCUT2D eigenvalue weighted by atomic mass is 9.82. The number of para-hydroxylation sites is 1. The lowest BCUT2D eigenvalue weighted by molar-refractivity contribution is -0.144. The third-order valence-corrected chi connectivity index (χ3v) is 9.56. The maximum Gasteiger partial charge on any atom is 0.296 e. The van der Waals surface area contributed by atoms with Gasteiger partial charge < -0.3 is 19.6 Å². The number of morpholine rings is 1. The van der Waals surface area contributed by atoms with Crippen LogP contribution in [0.15, 0.2) is 71.7 Å². The molecular formula is C29H32N4O7S. The Morgan fingerprint density at radius 2 is 1.78 bits per heavy atom. The number of sulfonamides is 1. The molecule has 0 radical (unpaired) electrons. The van der Waals surface area contributed by atoms with Crippen molar-refractivity contribution >= 4 is 39.1 Å². The van der Waals surface area contributed by atoms with E-state index in [1.165, 1.54) is 48.2 Å². The summed E-state index contributed by atoms with van der Waals surface area (Å²) in [5, 5.41) is 11.7. The summed E-state index contributed by atoms with van der Waals surface area (Å²) in [6.07, 6.45) is 1.54. The van der Waals surface area contributed by atoms with Crippen molar-refractivity contribution < 1.29 is 32.6 Å². The van der Waals surface area contributed by atoms with Gasteiger partial charge in [0.15, 0.2) is 5.54 Å². The van der Waals surface area contributed by atoms with Crippen molar-refractivity contribution in [3.63, 3.8) is 0 Å². The standard InChI is InChI=1S/C29H32N4O7S/c1-4-12-32-23-11-6-5-10-22(23)29(28(32)37)24(25(34)20-8-7-9-21(19-20)41(38,39)30(2)3)26(35)27(36)33(29)14-13-31-15-17-40-18-16-31/h4-11,19,34H,1,12-18H2,2-3H3/t29-/m0/s1. The second-order valence-corrected chi connectivity index (χ2v) is 12.4. The quantitative estimate of drug-likeness (QED) is 0.215. The SMILES string of the molecule is C=CCN1C(=O)[C@@]2(C(=C(O)c3cccc(S(=O)(=O)N(C)C)c3)C(=O)C(=O)N2CCN2CCOCC2)c2ccccc21. The van der Waals surface area contributed by atoms with E-state index in [0.29, 0.717) is 44.1 Å². The summed E-state index contributed by atoms with van der Waals surface area (Å²) in [7, 11) is -1.12. The largest absolute Gasteiger partial charge is 0.507 e. The molecule has 0 aromatic heterocycles. The highest BCUT2D eigenvalue weighted by atomic mass is 32.2. The van der Waals surface area contributed by atoms with E-state index in [-0.39, 0.29) is 23.5 Å². The molecule has 11 nitrogen and oxygen atoms in total. The highest BCUT2D eigenvalue weighted by molar-refractivity contribution is 7.89. The average Bonchev–Trinajstić information content (AvgIpc) is 3.35. The van der Waals surface area contributed by atoms with Crippen molar-refractivity contribution in [3.8, 4) is 0 Å². The van der Waals surface area contributed by atoms with Gasteiger partial charge in [-0.05, 0) is 18.2 Å². The van der Waals surface area contributed by atoms with E-state index in [0.717, 1.165) is 4.31 Å². The van der Waals surface area contributed by atoms with Crippen LogP contribution in [-0.2, 0) is 34.7 Å². The molecule has 2 saturated heterocycles. The molecule has 0 aliphatic carbocycles. The number of Topliss-reactive ketones (excluding diaryl/α,β-unsaturated/α-hetero) is 1. The van der Waals surface area contributed by atoms with Gasteiger partial charge >= 0.3 is 0 Å². The Kier molecular flexibility index (Phi) is 7.60. The highest BCUT2D eigenvalue weighted by Gasteiger charge is 2.67. The molecule has 3 aliphatic heterocycles. The number of nitrogens with zero attached hydrogens (tertiary/aromatic N) is 4. The Morgan fingerprint density at radius 3 is 2.46 bits per heavy atom. The molecular weight excluding hydrogens is 548 g/mol. The van der Waals surface area contributed by atoms with Crippen molar-refractivity contribution in [3.05, 3.63) is 77.9 Å². The molecule has 3 heterocycles. The molecule has 2 amide bonds. The molecule has 5 rings (SSSR count). The van der Waals surface area contributed by atoms with Crippen LogP contribution < -0.4 is 4.90 Å². The van der Waals surface area contributed by atoms with Crippen LogP contribution in [0.1, 0.15) is 11.1 Å². The van der Waals surface area contributed by atoms with Crippen LogP contribution in [0, 0.1) is 0 Å². The van der Waals surface area contributed by atoms with Crippen LogP contribution in [0.5, 0.6) is 0 Å². The number of ether oxygens (including phenoxy) is 1. The van der Waals surface area contributed by atoms with Crippen LogP contribution in [0.2, 0.25) is 0 Å². The molecule has 1 spiro atoms. The van der Waals surface area contributed by atoms with E-state index in [9.17, 15) is 27.9 Å². The van der Waals surface area contributed by atoms with E-state index in [1.807, 2.05) is 0 Å². The van der Waals surface area contributed by atoms with Crippen LogP contribution in [0.4, 0.5) is 5.69 Å². The van der Waals surface area contributed by atoms with Gasteiger partial charge in [0.05, 0.1) is 29.4 Å². The zero-order valence-electron chi connectivity index (χ0n) is 22.9. The van der Waals surface area contributed by atoms with Gasteiger partial charge in [0, 0.05) is 57.9 Å². The molecule has 216 valence electrons. The predicted molar refractivity (Wildman–Crippen MR) is 152 cm³/mol. The summed E-state index contributed by atoms with van der Waals surface area (Å²) in [6, 6.07) is 12.3. The van der Waals surface area contributed by atoms with Gasteiger partial charge in [-0.15, -0.1) is 6.58 Å². The van der Waals surface area contributed by atoms with Crippen molar-refractivity contribution in [2.75, 3.05) is 64.9 Å². The third-order valence-electron chi connectivity index (χ3n) is 7.75. The maximum atomic E-state index is 14.4. The number of likely N-dealkylation sites (tertiary alicyclic amines) is 1. The van der Waals surface area contributed by atoms with Gasteiger partial charge in [-0.3, -0.25) is 19.3 Å². The molecule has 12 heteroatoms. The summed E-state index contributed by atoms with van der Waals surface area (Å²) in [6.45, 7) is 6.63. The lowest BCUT2D eigenvalue weighted by Gasteiger charge is -2.36. The topological polar surface area (TPSA) is 128 Å². The molecule has 3 aliphatic rings. The van der Waals surface area contributed by atoms with Gasteiger partial charge in [0.1, 0.15) is 5.76 Å². The smallest absolute Gasteiger partial charge is 0.296 e. The maximum absolute atomic E-state index is 14.4. The number of carbonyl (C=O) groups excluding carboxylic acids is 3. The molecule has 1 N–H and O–H groups in total. The van der Waals surface area contributed by atoms with Gasteiger partial charge in [-0.25, -0.2) is 12.7 Å². The summed E-state index contributed by atoms with van der Waals surface area (Å²) in [5.41, 5.74) is -1.48. The van der Waals surface area contributed by atoms with Gasteiger partial charge in [-0.1, -0.05) is 36.4 Å². The number of carbonyl (C=O) groups is 3. The molecule has 0 unspecified atom stereocenters. The molecule has 41 heavy (non-hydrogen) atoms. The minimum Gasteiger partial charge on any atom is -0.507 e. The van der Waals surface area contributed by atoms with Crippen molar-refractivity contribution in [1.29, 1.82) is 0 Å². The second-order valence-electron chi connectivity index (χ2n) is 10.2. The third kappa shape index (κ3) is 4.47. The van der Waals surface area contributed by atoms with E-state index in [2.05, 4.69) is 11.5 Å². The van der Waals surface area contributed by atoms with E-state index in [1.54, 1.807) is 30.3 Å². The normalized spacial score (nSPS) is 22.7. The Labute approximate surface area is 238 Å². The molecule has 2 aromatic carbocycles. The first kappa shape index (κ1) is 28.7. The fourth-order valence-corrected chi connectivity index (χ4v) is 6.65. The summed E-state index contributed by atoms with van der Waals surface area (Å²) < 4.78 is 32.1. The fourth-order valence-electron chi connectivity index (χ4n) is 5.70. The van der Waals surface area contributed by atoms with Crippen LogP contribution in [0.3, 0.4) is 0 Å². The number of hydrogen-bond donors (Lipinski definition) is 1. The molecule has 2 fully saturated rings. The highest BCUT2D eigenvalue weighted by Crippen LogP contribution is 2.53. The number of rotatable bonds is 8. The number of amides is 2. The van der Waals surface area contributed by atoms with Crippen LogP contribution >= 0.6 is 0 Å². The van der Waals surface area contributed by atoms with E-state index in [4.69, 9.17) is 4.74 Å². The van der Waals surface area contributed by atoms with Crippen LogP contribution in [0.25, 0.3) is 5.76 Å². The first-order chi connectivity index (χ1) is 19.6. The Morgan fingerprint density at radius 1 is 1.07 bits per heavy atom. The van der Waals surface area contributed by atoms with Crippen LogP contribution in [-0.4, -0.2) is 105 Å². The molecule has 1 atom stereocenters. The second kappa shape index (κ2) is 10.9. The van der Waals surface area contributed by atoms with Crippen molar-refractivity contribution in [2.24, 2.45) is 0 Å². The predicted octanol–water partition coefficient (Wildman–Crippen LogP) is 1.38. The van der Waals surface area contributed by atoms with Gasteiger partial charge in [0.2, 0.25) is 10.0 Å². The minimum absolute atomic E-state index is 0.00840. The minimum atomic E-state index is -3.88. The number of fused-ring (bicyclic) bond motifs is 2. The number of ketones is 1. The Balaban J connectivity index is 1.73. The summed E-state index contributed by atoms with van der Waals surface area (Å²) in [5.74, 6) is -3.13. The zero-order valence-corrected chi connectivity index (χ0v) is 23.8. The monoisotopic (exact) mass is 580 g/mol. The molecule has 2 aromatic rings. The fraction of sp³-hybridized carbons (Fsp3) is 0.345.